The molecule has 1 amide bonds. The minimum absolute atomic E-state index is 0.198. The molecule has 0 radical (unpaired) electrons. The van der Waals surface area contributed by atoms with Gasteiger partial charge >= 0.3 is 5.63 Å². The van der Waals surface area contributed by atoms with E-state index < -0.39 is 5.63 Å². The third kappa shape index (κ3) is 4.23. The van der Waals surface area contributed by atoms with Gasteiger partial charge in [0.25, 0.3) is 5.91 Å². The Morgan fingerprint density at radius 2 is 1.96 bits per heavy atom. The van der Waals surface area contributed by atoms with Crippen molar-refractivity contribution in [1.29, 1.82) is 0 Å². The maximum absolute atomic E-state index is 13.5. The zero-order chi connectivity index (χ0) is 17.8. The van der Waals surface area contributed by atoms with Crippen LogP contribution in [0.15, 0.2) is 57.7 Å². The molecular formula is C19H16FNO4. The number of fused-ring (bicyclic) bond motifs is 1. The lowest BCUT2D eigenvalue weighted by molar-refractivity contribution is -0.123. The summed E-state index contributed by atoms with van der Waals surface area (Å²) in [5, 5.41) is 3.42. The van der Waals surface area contributed by atoms with Crippen molar-refractivity contribution in [2.24, 2.45) is 0 Å². The fraction of sp³-hybridized carbons (Fsp3) is 0.158. The molecule has 3 aromatic rings. The first-order chi connectivity index (χ1) is 12.0. The van der Waals surface area contributed by atoms with Crippen LogP contribution in [0.25, 0.3) is 11.0 Å². The van der Waals surface area contributed by atoms with Crippen LogP contribution in [0.3, 0.4) is 0 Å². The maximum atomic E-state index is 13.5. The number of hydrogen-bond acceptors (Lipinski definition) is 4. The van der Waals surface area contributed by atoms with Crippen molar-refractivity contribution in [3.8, 4) is 5.75 Å². The first-order valence-electron chi connectivity index (χ1n) is 7.70. The largest absolute Gasteiger partial charge is 0.484 e. The molecule has 0 fully saturated rings. The zero-order valence-corrected chi connectivity index (χ0v) is 13.5. The number of amides is 1. The first kappa shape index (κ1) is 16.7. The summed E-state index contributed by atoms with van der Waals surface area (Å²) >= 11 is 0. The van der Waals surface area contributed by atoms with Crippen LogP contribution in [0.1, 0.15) is 11.1 Å². The summed E-state index contributed by atoms with van der Waals surface area (Å²) in [6.45, 7) is 1.69. The minimum atomic E-state index is -0.451. The van der Waals surface area contributed by atoms with Crippen LogP contribution in [0.4, 0.5) is 4.39 Å². The monoisotopic (exact) mass is 341 g/mol. The van der Waals surface area contributed by atoms with Gasteiger partial charge in [-0.2, -0.15) is 0 Å². The number of nitrogens with one attached hydrogen (secondary N) is 1. The molecule has 128 valence electrons. The lowest BCUT2D eigenvalue weighted by Gasteiger charge is -2.08. The van der Waals surface area contributed by atoms with E-state index in [1.54, 1.807) is 43.3 Å². The van der Waals surface area contributed by atoms with Crippen LogP contribution in [0.5, 0.6) is 5.75 Å². The Morgan fingerprint density at radius 3 is 2.76 bits per heavy atom. The van der Waals surface area contributed by atoms with Crippen LogP contribution in [0, 0.1) is 12.7 Å². The van der Waals surface area contributed by atoms with Gasteiger partial charge in [-0.25, -0.2) is 9.18 Å². The molecule has 0 atom stereocenters. The van der Waals surface area contributed by atoms with E-state index in [2.05, 4.69) is 5.32 Å². The Kier molecular flexibility index (Phi) is 4.79. The Balaban J connectivity index is 1.56. The number of hydrogen-bond donors (Lipinski definition) is 1. The van der Waals surface area contributed by atoms with Gasteiger partial charge in [-0.1, -0.05) is 12.1 Å². The number of halogens is 1. The summed E-state index contributed by atoms with van der Waals surface area (Å²) in [6, 6.07) is 12.8. The van der Waals surface area contributed by atoms with Crippen molar-refractivity contribution < 1.29 is 18.3 Å². The second-order valence-corrected chi connectivity index (χ2v) is 5.60. The third-order valence-electron chi connectivity index (χ3n) is 3.69. The Bertz CT molecular complexity index is 981. The van der Waals surface area contributed by atoms with Crippen LogP contribution in [-0.2, 0) is 11.3 Å². The van der Waals surface area contributed by atoms with Crippen molar-refractivity contribution in [2.45, 2.75) is 13.5 Å². The highest BCUT2D eigenvalue weighted by molar-refractivity contribution is 5.79. The molecule has 0 spiro atoms. The number of rotatable bonds is 5. The van der Waals surface area contributed by atoms with Crippen LogP contribution in [-0.4, -0.2) is 12.5 Å². The van der Waals surface area contributed by atoms with Crippen LogP contribution < -0.4 is 15.7 Å². The number of benzene rings is 2. The van der Waals surface area contributed by atoms with E-state index in [9.17, 15) is 14.0 Å². The molecule has 1 aromatic heterocycles. The van der Waals surface area contributed by atoms with Gasteiger partial charge in [0.1, 0.15) is 17.1 Å². The first-order valence-corrected chi connectivity index (χ1v) is 7.70. The standard InChI is InChI=1S/C19H16FNO4/c1-12-2-3-13(8-16(12)20)10-21-18(22)11-24-15-6-4-14-5-7-19(23)25-17(14)9-15/h2-9H,10-11H2,1H3,(H,21,22). The van der Waals surface area contributed by atoms with Gasteiger partial charge in [0.15, 0.2) is 6.61 Å². The normalized spacial score (nSPS) is 10.6. The number of carbonyl (C=O) groups is 1. The minimum Gasteiger partial charge on any atom is -0.484 e. The van der Waals surface area contributed by atoms with Gasteiger partial charge in [-0.05, 0) is 42.3 Å². The van der Waals surface area contributed by atoms with Gasteiger partial charge in [0, 0.05) is 24.1 Å². The lowest BCUT2D eigenvalue weighted by atomic mass is 10.1. The summed E-state index contributed by atoms with van der Waals surface area (Å²) in [5.74, 6) is -0.227. The van der Waals surface area contributed by atoms with Gasteiger partial charge in [0.05, 0.1) is 0 Å². The van der Waals surface area contributed by atoms with Gasteiger partial charge in [-0.15, -0.1) is 0 Å². The van der Waals surface area contributed by atoms with Gasteiger partial charge in [-0.3, -0.25) is 4.79 Å². The van der Waals surface area contributed by atoms with E-state index >= 15 is 0 Å². The average molecular weight is 341 g/mol. The van der Waals surface area contributed by atoms with E-state index in [0.29, 0.717) is 22.5 Å². The van der Waals surface area contributed by atoms with Crippen molar-refractivity contribution in [3.63, 3.8) is 0 Å². The van der Waals surface area contributed by atoms with Crippen molar-refractivity contribution in [2.75, 3.05) is 6.61 Å². The van der Waals surface area contributed by atoms with Crippen LogP contribution >= 0.6 is 0 Å². The van der Waals surface area contributed by atoms with E-state index in [1.165, 1.54) is 12.1 Å². The quantitative estimate of drug-likeness (QED) is 0.725. The molecule has 6 heteroatoms. The molecule has 0 aliphatic heterocycles. The topological polar surface area (TPSA) is 68.5 Å². The Hall–Kier alpha value is -3.15. The van der Waals surface area contributed by atoms with Gasteiger partial charge in [0.2, 0.25) is 0 Å². The average Bonchev–Trinajstić information content (AvgIpc) is 2.60. The molecule has 2 aromatic carbocycles. The molecule has 0 aliphatic carbocycles. The fourth-order valence-electron chi connectivity index (χ4n) is 2.28. The summed E-state index contributed by atoms with van der Waals surface area (Å²) in [4.78, 5) is 23.1. The van der Waals surface area contributed by atoms with E-state index in [0.717, 1.165) is 5.39 Å². The number of carbonyl (C=O) groups excluding carboxylic acids is 1. The fourth-order valence-corrected chi connectivity index (χ4v) is 2.28. The summed E-state index contributed by atoms with van der Waals surface area (Å²) in [6.07, 6.45) is 0. The number of ether oxygens (including phenoxy) is 1. The smallest absolute Gasteiger partial charge is 0.336 e. The van der Waals surface area contributed by atoms with Crippen molar-refractivity contribution >= 4 is 16.9 Å². The van der Waals surface area contributed by atoms with Gasteiger partial charge < -0.3 is 14.5 Å². The molecule has 0 bridgehead atoms. The zero-order valence-electron chi connectivity index (χ0n) is 13.5. The van der Waals surface area contributed by atoms with E-state index in [1.807, 2.05) is 0 Å². The van der Waals surface area contributed by atoms with Crippen molar-refractivity contribution in [3.05, 3.63) is 75.9 Å². The molecule has 0 unspecified atom stereocenters. The third-order valence-corrected chi connectivity index (χ3v) is 3.69. The lowest BCUT2D eigenvalue weighted by Crippen LogP contribution is -2.28. The molecule has 3 rings (SSSR count). The molecule has 1 heterocycles. The summed E-state index contributed by atoms with van der Waals surface area (Å²) < 4.78 is 23.9. The molecule has 0 saturated carbocycles. The van der Waals surface area contributed by atoms with Crippen LogP contribution in [0.2, 0.25) is 0 Å². The van der Waals surface area contributed by atoms with E-state index in [-0.39, 0.29) is 24.9 Å². The second kappa shape index (κ2) is 7.17. The highest BCUT2D eigenvalue weighted by atomic mass is 19.1. The molecule has 0 aliphatic rings. The molecule has 1 N–H and O–H groups in total. The summed E-state index contributed by atoms with van der Waals surface area (Å²) in [7, 11) is 0. The van der Waals surface area contributed by atoms with E-state index in [4.69, 9.17) is 9.15 Å². The highest BCUT2D eigenvalue weighted by Gasteiger charge is 2.06. The molecule has 25 heavy (non-hydrogen) atoms. The molecule has 0 saturated heterocycles. The SMILES string of the molecule is Cc1ccc(CNC(=O)COc2ccc3ccc(=O)oc3c2)cc1F. The molecular weight excluding hydrogens is 325 g/mol. The Morgan fingerprint density at radius 1 is 1.16 bits per heavy atom. The Labute approximate surface area is 143 Å². The predicted molar refractivity (Wildman–Crippen MR) is 91.0 cm³/mol. The summed E-state index contributed by atoms with van der Waals surface area (Å²) in [5.41, 5.74) is 1.17. The van der Waals surface area contributed by atoms with Crippen molar-refractivity contribution in [1.82, 2.24) is 5.32 Å². The second-order valence-electron chi connectivity index (χ2n) is 5.60. The maximum Gasteiger partial charge on any atom is 0.336 e. The molecule has 5 nitrogen and oxygen atoms in total. The highest BCUT2D eigenvalue weighted by Crippen LogP contribution is 2.19. The predicted octanol–water partition coefficient (Wildman–Crippen LogP) is 2.94. The number of aryl methyl sites for hydroxylation is 1.